The number of hydrogen-bond acceptors (Lipinski definition) is 8. The van der Waals surface area contributed by atoms with E-state index in [1.54, 1.807) is 0 Å². The van der Waals surface area contributed by atoms with Gasteiger partial charge in [0.2, 0.25) is 0 Å². The van der Waals surface area contributed by atoms with Crippen LogP contribution in [0.25, 0.3) is 0 Å². The summed E-state index contributed by atoms with van der Waals surface area (Å²) < 4.78 is 33.9. The van der Waals surface area contributed by atoms with Gasteiger partial charge in [-0.1, -0.05) is 176 Å². The van der Waals surface area contributed by atoms with E-state index in [0.29, 0.717) is 23.9 Å². The number of allylic oxidation sites excluding steroid dienone is 14. The second-order valence-corrected chi connectivity index (χ2v) is 18.9. The van der Waals surface area contributed by atoms with Gasteiger partial charge in [-0.25, -0.2) is 0 Å². The molecule has 0 rings (SSSR count). The van der Waals surface area contributed by atoms with Crippen molar-refractivity contribution in [2.24, 2.45) is 0 Å². The van der Waals surface area contributed by atoms with E-state index < -0.39 is 32.5 Å². The number of phosphoric acid groups is 1. The Morgan fingerprint density at radius 2 is 0.905 bits per heavy atom. The maximum Gasteiger partial charge on any atom is 0.306 e. The van der Waals surface area contributed by atoms with Crippen LogP contribution in [0.5, 0.6) is 0 Å². The van der Waals surface area contributed by atoms with E-state index in [2.05, 4.69) is 98.9 Å². The number of esters is 2. The molecule has 10 heteroatoms. The second-order valence-electron chi connectivity index (χ2n) is 17.4. The molecule has 0 spiro atoms. The molecule has 0 radical (unpaired) electrons. The van der Waals surface area contributed by atoms with Gasteiger partial charge in [0, 0.05) is 12.8 Å². The van der Waals surface area contributed by atoms with Crippen molar-refractivity contribution in [2.45, 2.75) is 193 Å². The molecule has 0 bridgehead atoms. The molecule has 0 amide bonds. The van der Waals surface area contributed by atoms with E-state index in [-0.39, 0.29) is 26.1 Å². The molecule has 0 aromatic rings. The predicted octanol–water partition coefficient (Wildman–Crippen LogP) is 14.1. The van der Waals surface area contributed by atoms with E-state index in [4.69, 9.17) is 18.5 Å². The summed E-state index contributed by atoms with van der Waals surface area (Å²) in [5, 5.41) is 0. The van der Waals surface area contributed by atoms with E-state index >= 15 is 0 Å². The molecule has 0 N–H and O–H groups in total. The first-order chi connectivity index (χ1) is 30.5. The van der Waals surface area contributed by atoms with Gasteiger partial charge in [0.25, 0.3) is 7.82 Å². The molecular formula is C53H92NO8P. The molecule has 9 nitrogen and oxygen atoms in total. The van der Waals surface area contributed by atoms with Gasteiger partial charge in [-0.15, -0.1) is 0 Å². The van der Waals surface area contributed by atoms with Crippen molar-refractivity contribution in [1.82, 2.24) is 0 Å². The lowest BCUT2D eigenvalue weighted by Crippen LogP contribution is -2.37. The maximum atomic E-state index is 12.7. The van der Waals surface area contributed by atoms with Gasteiger partial charge in [0.05, 0.1) is 27.7 Å². The molecule has 362 valence electrons. The Bertz CT molecular complexity index is 1340. The molecule has 0 aromatic heterocycles. The molecule has 0 aliphatic heterocycles. The lowest BCUT2D eigenvalue weighted by atomic mass is 10.0. The van der Waals surface area contributed by atoms with E-state index in [9.17, 15) is 19.0 Å². The van der Waals surface area contributed by atoms with Gasteiger partial charge >= 0.3 is 11.9 Å². The first kappa shape index (κ1) is 60.2. The van der Waals surface area contributed by atoms with Crippen LogP contribution in [0.3, 0.4) is 0 Å². The molecule has 2 atom stereocenters. The number of unbranched alkanes of at least 4 members (excludes halogenated alkanes) is 16. The largest absolute Gasteiger partial charge is 0.756 e. The molecule has 0 aromatic carbocycles. The number of quaternary nitrogens is 1. The highest BCUT2D eigenvalue weighted by atomic mass is 31.2. The van der Waals surface area contributed by atoms with E-state index in [1.807, 2.05) is 21.1 Å². The summed E-state index contributed by atoms with van der Waals surface area (Å²) in [6.07, 6.45) is 57.7. The van der Waals surface area contributed by atoms with Crippen LogP contribution in [0.4, 0.5) is 0 Å². The summed E-state index contributed by atoms with van der Waals surface area (Å²) in [6.45, 7) is 4.02. The summed E-state index contributed by atoms with van der Waals surface area (Å²) in [6, 6.07) is 0. The second kappa shape index (κ2) is 44.4. The van der Waals surface area contributed by atoms with Crippen LogP contribution in [-0.2, 0) is 32.7 Å². The Kier molecular flexibility index (Phi) is 42.4. The van der Waals surface area contributed by atoms with Crippen LogP contribution >= 0.6 is 7.82 Å². The first-order valence-electron chi connectivity index (χ1n) is 24.8. The standard InChI is InChI=1S/C53H92NO8P/c1-6-8-10-12-14-16-18-19-20-21-22-23-24-25-26-27-28-29-30-31-32-33-34-35-36-38-40-42-44-46-53(56)62-51(50-61-63(57,58)60-48-47-54(3,4)5)49-59-52(55)45-43-41-39-37-17-15-13-11-9-7-2/h8,10-11,13-14,16,19-20,22-23,25-26,28-29,51H,6-7,9,12,15,17-18,21,24,27,30-50H2,1-5H3/b10-8-,13-11-,16-14-,20-19-,23-22-,26-25-,29-28-. The molecule has 0 saturated heterocycles. The molecule has 0 aliphatic rings. The van der Waals surface area contributed by atoms with Gasteiger partial charge in [-0.2, -0.15) is 0 Å². The Hall–Kier alpha value is -2.81. The molecule has 63 heavy (non-hydrogen) atoms. The maximum absolute atomic E-state index is 12.7. The highest BCUT2D eigenvalue weighted by Crippen LogP contribution is 2.38. The number of hydrogen-bond donors (Lipinski definition) is 0. The zero-order valence-corrected chi connectivity index (χ0v) is 41.6. The molecular weight excluding hydrogens is 810 g/mol. The third kappa shape index (κ3) is 48.5. The average Bonchev–Trinajstić information content (AvgIpc) is 3.24. The van der Waals surface area contributed by atoms with Crippen molar-refractivity contribution in [1.29, 1.82) is 0 Å². The molecule has 0 fully saturated rings. The number of phosphoric ester groups is 1. The van der Waals surface area contributed by atoms with Gasteiger partial charge < -0.3 is 27.9 Å². The lowest BCUT2D eigenvalue weighted by Gasteiger charge is -2.28. The summed E-state index contributed by atoms with van der Waals surface area (Å²) >= 11 is 0. The van der Waals surface area contributed by atoms with Crippen LogP contribution in [0.15, 0.2) is 85.1 Å². The van der Waals surface area contributed by atoms with E-state index in [1.165, 1.54) is 44.9 Å². The van der Waals surface area contributed by atoms with Crippen LogP contribution in [-0.4, -0.2) is 70.0 Å². The summed E-state index contributed by atoms with van der Waals surface area (Å²) in [4.78, 5) is 37.6. The highest BCUT2D eigenvalue weighted by Gasteiger charge is 2.21. The monoisotopic (exact) mass is 902 g/mol. The van der Waals surface area contributed by atoms with Crippen molar-refractivity contribution in [3.63, 3.8) is 0 Å². The van der Waals surface area contributed by atoms with Crippen molar-refractivity contribution < 1.29 is 42.1 Å². The smallest absolute Gasteiger partial charge is 0.306 e. The van der Waals surface area contributed by atoms with Crippen LogP contribution in [0.2, 0.25) is 0 Å². The zero-order valence-electron chi connectivity index (χ0n) is 40.7. The third-order valence-corrected chi connectivity index (χ3v) is 11.1. The predicted molar refractivity (Wildman–Crippen MR) is 263 cm³/mol. The van der Waals surface area contributed by atoms with Gasteiger partial charge in [-0.3, -0.25) is 14.2 Å². The van der Waals surface area contributed by atoms with Crippen LogP contribution in [0.1, 0.15) is 187 Å². The van der Waals surface area contributed by atoms with E-state index in [0.717, 1.165) is 103 Å². The first-order valence-corrected chi connectivity index (χ1v) is 26.3. The number of nitrogens with zero attached hydrogens (tertiary/aromatic N) is 1. The van der Waals surface area contributed by atoms with Gasteiger partial charge in [0.1, 0.15) is 19.8 Å². The molecule has 0 heterocycles. The molecule has 2 unspecified atom stereocenters. The minimum Gasteiger partial charge on any atom is -0.756 e. The fraction of sp³-hybridized carbons (Fsp3) is 0.698. The normalized spacial score (nSPS) is 14.2. The zero-order chi connectivity index (χ0) is 46.4. The fourth-order valence-electron chi connectivity index (χ4n) is 6.31. The van der Waals surface area contributed by atoms with Crippen molar-refractivity contribution >= 4 is 19.8 Å². The average molecular weight is 902 g/mol. The quantitative estimate of drug-likeness (QED) is 0.0195. The summed E-state index contributed by atoms with van der Waals surface area (Å²) in [5.41, 5.74) is 0. The number of likely N-dealkylation sites (N-methyl/N-ethyl adjacent to an activating group) is 1. The van der Waals surface area contributed by atoms with Crippen molar-refractivity contribution in [3.8, 4) is 0 Å². The lowest BCUT2D eigenvalue weighted by molar-refractivity contribution is -0.870. The van der Waals surface area contributed by atoms with Crippen LogP contribution in [0, 0.1) is 0 Å². The summed E-state index contributed by atoms with van der Waals surface area (Å²) in [7, 11) is 1.15. The number of ether oxygens (including phenoxy) is 2. The van der Waals surface area contributed by atoms with Gasteiger partial charge in [-0.05, 0) is 83.5 Å². The Labute approximate surface area is 386 Å². The number of carbonyl (C=O) groups is 2. The van der Waals surface area contributed by atoms with Crippen LogP contribution < -0.4 is 4.89 Å². The molecule has 0 saturated carbocycles. The van der Waals surface area contributed by atoms with Crippen molar-refractivity contribution in [3.05, 3.63) is 85.1 Å². The Morgan fingerprint density at radius 1 is 0.508 bits per heavy atom. The number of carbonyl (C=O) groups excluding carboxylic acids is 2. The Morgan fingerprint density at radius 3 is 1.37 bits per heavy atom. The van der Waals surface area contributed by atoms with Gasteiger partial charge in [0.15, 0.2) is 6.10 Å². The third-order valence-electron chi connectivity index (χ3n) is 10.1. The Balaban J connectivity index is 4.17. The highest BCUT2D eigenvalue weighted by molar-refractivity contribution is 7.45. The number of rotatable bonds is 44. The SMILES string of the molecule is CC/C=C\C/C=C\C/C=C\C/C=C\C/C=C\C/C=C\CCCCCCCCCCCCC(=O)OC(COC(=O)CCCCCCC/C=C\CCC)COP(=O)([O-])OCC[N+](C)(C)C. The molecule has 0 aliphatic carbocycles. The minimum atomic E-state index is -4.63. The minimum absolute atomic E-state index is 0.0367. The van der Waals surface area contributed by atoms with Crippen molar-refractivity contribution in [2.75, 3.05) is 47.5 Å². The fourth-order valence-corrected chi connectivity index (χ4v) is 7.04. The topological polar surface area (TPSA) is 111 Å². The summed E-state index contributed by atoms with van der Waals surface area (Å²) in [5.74, 6) is -0.858.